The largest absolute Gasteiger partial charge is 0.382 e. The van der Waals surface area contributed by atoms with Crippen LogP contribution in [0.1, 0.15) is 11.8 Å². The summed E-state index contributed by atoms with van der Waals surface area (Å²) >= 11 is 0. The molecule has 0 spiro atoms. The highest BCUT2D eigenvalue weighted by Crippen LogP contribution is 2.22. The third-order valence-corrected chi connectivity index (χ3v) is 1.52. The molecule has 0 bridgehead atoms. The first kappa shape index (κ1) is 9.34. The average molecular weight is 180 g/mol. The number of aliphatic hydroxyl groups excluding tert-OH is 1. The van der Waals surface area contributed by atoms with Gasteiger partial charge in [0.15, 0.2) is 5.69 Å². The molecule has 0 fully saturated rings. The maximum atomic E-state index is 10.5. The molecule has 1 rings (SSSR count). The van der Waals surface area contributed by atoms with E-state index in [0.29, 0.717) is 0 Å². The SMILES string of the molecule is C=CC(O)c1ncccc1[N+](=O)[O-]. The average Bonchev–Trinajstić information content (AvgIpc) is 2.16. The molecule has 0 aliphatic carbocycles. The monoisotopic (exact) mass is 180 g/mol. The summed E-state index contributed by atoms with van der Waals surface area (Å²) in [7, 11) is 0. The van der Waals surface area contributed by atoms with Crippen molar-refractivity contribution in [2.45, 2.75) is 6.10 Å². The molecule has 68 valence electrons. The molecule has 0 amide bonds. The Balaban J connectivity index is 3.19. The number of aliphatic hydroxyl groups is 1. The van der Waals surface area contributed by atoms with Gasteiger partial charge in [0.25, 0.3) is 5.69 Å². The highest BCUT2D eigenvalue weighted by Gasteiger charge is 2.18. The summed E-state index contributed by atoms with van der Waals surface area (Å²) in [5.41, 5.74) is -0.183. The minimum Gasteiger partial charge on any atom is -0.382 e. The molecule has 1 aromatic rings. The summed E-state index contributed by atoms with van der Waals surface area (Å²) in [6.45, 7) is 3.32. The first-order valence-electron chi connectivity index (χ1n) is 3.56. The van der Waals surface area contributed by atoms with Gasteiger partial charge in [-0.05, 0) is 6.07 Å². The molecule has 0 aliphatic heterocycles. The highest BCUT2D eigenvalue weighted by atomic mass is 16.6. The fraction of sp³-hybridized carbons (Fsp3) is 0.125. The molecular formula is C8H8N2O3. The van der Waals surface area contributed by atoms with Gasteiger partial charge in [-0.1, -0.05) is 6.08 Å². The zero-order valence-corrected chi connectivity index (χ0v) is 6.75. The summed E-state index contributed by atoms with van der Waals surface area (Å²) in [4.78, 5) is 13.6. The second-order valence-electron chi connectivity index (χ2n) is 2.35. The van der Waals surface area contributed by atoms with Gasteiger partial charge in [-0.25, -0.2) is 0 Å². The van der Waals surface area contributed by atoms with E-state index in [1.165, 1.54) is 24.4 Å². The van der Waals surface area contributed by atoms with Gasteiger partial charge in [-0.15, -0.1) is 6.58 Å². The van der Waals surface area contributed by atoms with Gasteiger partial charge in [0.1, 0.15) is 6.10 Å². The van der Waals surface area contributed by atoms with Crippen molar-refractivity contribution < 1.29 is 10.0 Å². The van der Waals surface area contributed by atoms with Crippen molar-refractivity contribution in [1.82, 2.24) is 4.98 Å². The number of pyridine rings is 1. The molecule has 5 nitrogen and oxygen atoms in total. The minimum atomic E-state index is -1.10. The van der Waals surface area contributed by atoms with E-state index in [4.69, 9.17) is 0 Å². The quantitative estimate of drug-likeness (QED) is 0.431. The second kappa shape index (κ2) is 3.77. The Morgan fingerprint density at radius 3 is 3.00 bits per heavy atom. The van der Waals surface area contributed by atoms with Crippen molar-refractivity contribution in [1.29, 1.82) is 0 Å². The van der Waals surface area contributed by atoms with E-state index in [0.717, 1.165) is 0 Å². The summed E-state index contributed by atoms with van der Waals surface area (Å²) in [6.07, 6.45) is 1.48. The van der Waals surface area contributed by atoms with Crippen LogP contribution in [-0.2, 0) is 0 Å². The van der Waals surface area contributed by atoms with Crippen molar-refractivity contribution in [2.75, 3.05) is 0 Å². The van der Waals surface area contributed by atoms with Gasteiger partial charge in [-0.3, -0.25) is 15.1 Å². The first-order chi connectivity index (χ1) is 6.16. The molecule has 1 atom stereocenters. The number of nitro groups is 1. The van der Waals surface area contributed by atoms with Crippen LogP contribution in [0.5, 0.6) is 0 Å². The third-order valence-electron chi connectivity index (χ3n) is 1.52. The van der Waals surface area contributed by atoms with Crippen molar-refractivity contribution in [3.63, 3.8) is 0 Å². The standard InChI is InChI=1S/C8H8N2O3/c1-2-7(11)8-6(10(12)13)4-3-5-9-8/h2-5,7,11H,1H2. The lowest BCUT2D eigenvalue weighted by Crippen LogP contribution is -2.02. The summed E-state index contributed by atoms with van der Waals surface area (Å²) < 4.78 is 0. The van der Waals surface area contributed by atoms with Crippen molar-refractivity contribution in [3.05, 3.63) is 46.8 Å². The molecule has 0 saturated carbocycles. The molecule has 1 aromatic heterocycles. The van der Waals surface area contributed by atoms with Gasteiger partial charge in [0, 0.05) is 12.3 Å². The molecule has 0 aliphatic rings. The molecule has 1 unspecified atom stereocenters. The normalized spacial score (nSPS) is 12.1. The van der Waals surface area contributed by atoms with E-state index in [1.807, 2.05) is 0 Å². The Hall–Kier alpha value is -1.75. The van der Waals surface area contributed by atoms with Crippen LogP contribution >= 0.6 is 0 Å². The molecule has 1 heterocycles. The zero-order chi connectivity index (χ0) is 9.84. The van der Waals surface area contributed by atoms with E-state index in [1.54, 1.807) is 0 Å². The Bertz CT molecular complexity index is 338. The first-order valence-corrected chi connectivity index (χ1v) is 3.56. The molecule has 5 heteroatoms. The van der Waals surface area contributed by atoms with Crippen LogP contribution in [0.15, 0.2) is 31.0 Å². The molecule has 13 heavy (non-hydrogen) atoms. The van der Waals surface area contributed by atoms with Gasteiger partial charge in [-0.2, -0.15) is 0 Å². The smallest absolute Gasteiger partial charge is 0.293 e. The fourth-order valence-electron chi connectivity index (χ4n) is 0.903. The summed E-state index contributed by atoms with van der Waals surface area (Å²) in [5.74, 6) is 0. The fourth-order valence-corrected chi connectivity index (χ4v) is 0.903. The Labute approximate surface area is 74.5 Å². The van der Waals surface area contributed by atoms with Gasteiger partial charge in [0.05, 0.1) is 4.92 Å². The van der Waals surface area contributed by atoms with Gasteiger partial charge < -0.3 is 5.11 Å². The van der Waals surface area contributed by atoms with Crippen molar-refractivity contribution in [2.24, 2.45) is 0 Å². The topological polar surface area (TPSA) is 76.3 Å². The van der Waals surface area contributed by atoms with E-state index in [2.05, 4.69) is 11.6 Å². The van der Waals surface area contributed by atoms with E-state index in [-0.39, 0.29) is 11.4 Å². The molecule has 0 radical (unpaired) electrons. The maximum absolute atomic E-state index is 10.5. The van der Waals surface area contributed by atoms with Crippen LogP contribution in [0.25, 0.3) is 0 Å². The van der Waals surface area contributed by atoms with Gasteiger partial charge >= 0.3 is 0 Å². The lowest BCUT2D eigenvalue weighted by Gasteiger charge is -2.03. The lowest BCUT2D eigenvalue weighted by atomic mass is 10.2. The molecule has 1 N–H and O–H groups in total. The predicted molar refractivity (Wildman–Crippen MR) is 46.0 cm³/mol. The highest BCUT2D eigenvalue weighted by molar-refractivity contribution is 5.37. The molecule has 0 saturated heterocycles. The summed E-state index contributed by atoms with van der Waals surface area (Å²) in [6, 6.07) is 2.73. The van der Waals surface area contributed by atoms with Crippen molar-refractivity contribution >= 4 is 5.69 Å². The van der Waals surface area contributed by atoms with Crippen molar-refractivity contribution in [3.8, 4) is 0 Å². The van der Waals surface area contributed by atoms with Crippen LogP contribution in [0.4, 0.5) is 5.69 Å². The zero-order valence-electron chi connectivity index (χ0n) is 6.75. The maximum Gasteiger partial charge on any atom is 0.293 e. The van der Waals surface area contributed by atoms with E-state index < -0.39 is 11.0 Å². The van der Waals surface area contributed by atoms with Crippen LogP contribution in [-0.4, -0.2) is 15.0 Å². The Morgan fingerprint density at radius 1 is 1.77 bits per heavy atom. The third kappa shape index (κ3) is 1.88. The van der Waals surface area contributed by atoms with E-state index in [9.17, 15) is 15.2 Å². The lowest BCUT2D eigenvalue weighted by molar-refractivity contribution is -0.386. The van der Waals surface area contributed by atoms with Crippen LogP contribution in [0.2, 0.25) is 0 Å². The molecule has 0 aromatic carbocycles. The van der Waals surface area contributed by atoms with Crippen LogP contribution in [0.3, 0.4) is 0 Å². The minimum absolute atomic E-state index is 0.0162. The second-order valence-corrected chi connectivity index (χ2v) is 2.35. The number of hydrogen-bond donors (Lipinski definition) is 1. The number of aromatic nitrogens is 1. The van der Waals surface area contributed by atoms with Crippen LogP contribution in [0, 0.1) is 10.1 Å². The number of hydrogen-bond acceptors (Lipinski definition) is 4. The van der Waals surface area contributed by atoms with Gasteiger partial charge in [0.2, 0.25) is 0 Å². The predicted octanol–water partition coefficient (Wildman–Crippen LogP) is 1.21. The summed E-state index contributed by atoms with van der Waals surface area (Å²) in [5, 5.41) is 19.7. The molecular weight excluding hydrogens is 172 g/mol. The Morgan fingerprint density at radius 2 is 2.46 bits per heavy atom. The Kier molecular flexibility index (Phi) is 2.71. The number of nitrogens with zero attached hydrogens (tertiary/aromatic N) is 2. The van der Waals surface area contributed by atoms with E-state index >= 15 is 0 Å². The number of rotatable bonds is 3. The van der Waals surface area contributed by atoms with Crippen LogP contribution < -0.4 is 0 Å².